The van der Waals surface area contributed by atoms with Crippen molar-refractivity contribution in [3.8, 4) is 5.75 Å². The molecule has 0 aliphatic carbocycles. The molecule has 1 amide bonds. The Morgan fingerprint density at radius 1 is 1.08 bits per heavy atom. The summed E-state index contributed by atoms with van der Waals surface area (Å²) in [7, 11) is -2.28. The van der Waals surface area contributed by atoms with Crippen LogP contribution in [0.15, 0.2) is 53.4 Å². The summed E-state index contributed by atoms with van der Waals surface area (Å²) in [5, 5.41) is 2.64. The van der Waals surface area contributed by atoms with Crippen LogP contribution in [-0.4, -0.2) is 39.8 Å². The Morgan fingerprint density at radius 3 is 2.50 bits per heavy atom. The van der Waals surface area contributed by atoms with Crippen molar-refractivity contribution in [3.63, 3.8) is 0 Å². The molecule has 138 valence electrons. The monoisotopic (exact) mass is 377 g/mol. The van der Waals surface area contributed by atoms with Crippen LogP contribution in [0.2, 0.25) is 0 Å². The number of ether oxygens (including phenoxy) is 2. The standard InChI is InChI=1S/C18H19NO6S/c1-3-26(22,23)16-10-5-4-9-15(16)18(21)19-13-7-6-8-14(11-13)25-12-17(20)24-2/h4-11H,3,12H2,1-2H3,(H,19,21). The van der Waals surface area contributed by atoms with Gasteiger partial charge in [0.05, 0.1) is 23.3 Å². The van der Waals surface area contributed by atoms with Crippen molar-refractivity contribution < 1.29 is 27.5 Å². The lowest BCUT2D eigenvalue weighted by atomic mass is 10.2. The molecule has 0 aliphatic rings. The van der Waals surface area contributed by atoms with E-state index >= 15 is 0 Å². The Kier molecular flexibility index (Phi) is 6.35. The summed E-state index contributed by atoms with van der Waals surface area (Å²) < 4.78 is 34.1. The Hall–Kier alpha value is -2.87. The summed E-state index contributed by atoms with van der Waals surface area (Å²) in [6, 6.07) is 12.4. The molecule has 1 N–H and O–H groups in total. The molecule has 0 aliphatic heterocycles. The molecule has 7 nitrogen and oxygen atoms in total. The Bertz CT molecular complexity index is 907. The first-order valence-corrected chi connectivity index (χ1v) is 9.45. The second kappa shape index (κ2) is 8.48. The molecule has 0 aromatic heterocycles. The average Bonchev–Trinajstić information content (AvgIpc) is 2.66. The summed E-state index contributed by atoms with van der Waals surface area (Å²) in [5.41, 5.74) is 0.469. The van der Waals surface area contributed by atoms with Crippen LogP contribution in [0.3, 0.4) is 0 Å². The summed E-state index contributed by atoms with van der Waals surface area (Å²) in [5.74, 6) is -0.822. The van der Waals surface area contributed by atoms with Crippen molar-refractivity contribution in [1.82, 2.24) is 0 Å². The van der Waals surface area contributed by atoms with Crippen molar-refractivity contribution in [2.75, 3.05) is 24.8 Å². The van der Waals surface area contributed by atoms with Crippen LogP contribution in [0.1, 0.15) is 17.3 Å². The van der Waals surface area contributed by atoms with Crippen LogP contribution < -0.4 is 10.1 Å². The highest BCUT2D eigenvalue weighted by Crippen LogP contribution is 2.21. The molecule has 0 fully saturated rings. The van der Waals surface area contributed by atoms with Crippen LogP contribution >= 0.6 is 0 Å². The van der Waals surface area contributed by atoms with Crippen molar-refractivity contribution in [2.24, 2.45) is 0 Å². The van der Waals surface area contributed by atoms with E-state index in [1.54, 1.807) is 30.3 Å². The number of carbonyl (C=O) groups excluding carboxylic acids is 2. The second-order valence-corrected chi connectivity index (χ2v) is 7.49. The van der Waals surface area contributed by atoms with Crippen LogP contribution in [-0.2, 0) is 19.4 Å². The van der Waals surface area contributed by atoms with Gasteiger partial charge in [-0.3, -0.25) is 4.79 Å². The maximum Gasteiger partial charge on any atom is 0.343 e. The number of hydrogen-bond acceptors (Lipinski definition) is 6. The van der Waals surface area contributed by atoms with E-state index in [0.717, 1.165) is 0 Å². The highest BCUT2D eigenvalue weighted by atomic mass is 32.2. The van der Waals surface area contributed by atoms with Gasteiger partial charge in [0.25, 0.3) is 5.91 Å². The number of benzene rings is 2. The molecule has 0 bridgehead atoms. The summed E-state index contributed by atoms with van der Waals surface area (Å²) in [4.78, 5) is 23.6. The number of esters is 1. The first-order valence-electron chi connectivity index (χ1n) is 7.80. The van der Waals surface area contributed by atoms with E-state index in [0.29, 0.717) is 11.4 Å². The smallest absolute Gasteiger partial charge is 0.343 e. The molecule has 0 spiro atoms. The highest BCUT2D eigenvalue weighted by Gasteiger charge is 2.20. The number of methoxy groups -OCH3 is 1. The molecule has 0 radical (unpaired) electrons. The molecule has 2 aromatic rings. The van der Waals surface area contributed by atoms with E-state index in [9.17, 15) is 18.0 Å². The lowest BCUT2D eigenvalue weighted by Crippen LogP contribution is -2.17. The minimum absolute atomic E-state index is 0.0157. The van der Waals surface area contributed by atoms with Crippen LogP contribution in [0.4, 0.5) is 5.69 Å². The molecule has 0 atom stereocenters. The van der Waals surface area contributed by atoms with E-state index in [1.807, 2.05) is 0 Å². The fourth-order valence-corrected chi connectivity index (χ4v) is 3.24. The van der Waals surface area contributed by atoms with Crippen LogP contribution in [0.25, 0.3) is 0 Å². The van der Waals surface area contributed by atoms with Crippen LogP contribution in [0, 0.1) is 0 Å². The van der Waals surface area contributed by atoms with Crippen molar-refractivity contribution in [1.29, 1.82) is 0 Å². The van der Waals surface area contributed by atoms with Crippen molar-refractivity contribution >= 4 is 27.4 Å². The van der Waals surface area contributed by atoms with Gasteiger partial charge in [-0.2, -0.15) is 0 Å². The van der Waals surface area contributed by atoms with E-state index in [2.05, 4.69) is 10.1 Å². The number of carbonyl (C=O) groups is 2. The molecule has 26 heavy (non-hydrogen) atoms. The highest BCUT2D eigenvalue weighted by molar-refractivity contribution is 7.91. The normalized spacial score (nSPS) is 10.8. The number of amides is 1. The molecule has 2 aromatic carbocycles. The summed E-state index contributed by atoms with van der Waals surface area (Å²) in [6.45, 7) is 1.26. The molecule has 0 unspecified atom stereocenters. The van der Waals surface area contributed by atoms with E-state index in [-0.39, 0.29) is 22.8 Å². The zero-order valence-corrected chi connectivity index (χ0v) is 15.2. The van der Waals surface area contributed by atoms with Crippen LogP contribution in [0.5, 0.6) is 5.75 Å². The fraction of sp³-hybridized carbons (Fsp3) is 0.222. The Labute approximate surface area is 151 Å². The van der Waals surface area contributed by atoms with Crippen molar-refractivity contribution in [3.05, 3.63) is 54.1 Å². The molecule has 0 saturated heterocycles. The minimum Gasteiger partial charge on any atom is -0.482 e. The zero-order chi connectivity index (χ0) is 19.2. The van der Waals surface area contributed by atoms with Gasteiger partial charge < -0.3 is 14.8 Å². The molecule has 8 heteroatoms. The SMILES string of the molecule is CCS(=O)(=O)c1ccccc1C(=O)Nc1cccc(OCC(=O)OC)c1. The predicted octanol–water partition coefficient (Wildman–Crippen LogP) is 2.28. The third-order valence-electron chi connectivity index (χ3n) is 3.52. The first-order chi connectivity index (χ1) is 12.4. The van der Waals surface area contributed by atoms with Gasteiger partial charge in [0.15, 0.2) is 16.4 Å². The average molecular weight is 377 g/mol. The third-order valence-corrected chi connectivity index (χ3v) is 5.31. The Morgan fingerprint density at radius 2 is 1.81 bits per heavy atom. The maximum absolute atomic E-state index is 12.5. The van der Waals surface area contributed by atoms with Gasteiger partial charge in [0.1, 0.15) is 5.75 Å². The zero-order valence-electron chi connectivity index (χ0n) is 14.4. The molecular formula is C18H19NO6S. The minimum atomic E-state index is -3.53. The predicted molar refractivity (Wildman–Crippen MR) is 96.1 cm³/mol. The molecule has 0 saturated carbocycles. The number of hydrogen-bond donors (Lipinski definition) is 1. The largest absolute Gasteiger partial charge is 0.482 e. The van der Waals surface area contributed by atoms with Gasteiger partial charge >= 0.3 is 5.97 Å². The van der Waals surface area contributed by atoms with Gasteiger partial charge in [0, 0.05) is 11.8 Å². The third kappa shape index (κ3) is 4.82. The number of rotatable bonds is 7. The molecule has 0 heterocycles. The lowest BCUT2D eigenvalue weighted by molar-refractivity contribution is -0.142. The first kappa shape index (κ1) is 19.5. The van der Waals surface area contributed by atoms with Gasteiger partial charge in [-0.1, -0.05) is 25.1 Å². The van der Waals surface area contributed by atoms with Gasteiger partial charge in [0.2, 0.25) is 0 Å². The molecule has 2 rings (SSSR count). The van der Waals surface area contributed by atoms with E-state index < -0.39 is 21.7 Å². The number of sulfone groups is 1. The van der Waals surface area contributed by atoms with Gasteiger partial charge in [-0.05, 0) is 24.3 Å². The van der Waals surface area contributed by atoms with Crippen molar-refractivity contribution in [2.45, 2.75) is 11.8 Å². The van der Waals surface area contributed by atoms with Gasteiger partial charge in [-0.25, -0.2) is 13.2 Å². The summed E-state index contributed by atoms with van der Waals surface area (Å²) >= 11 is 0. The second-order valence-electron chi connectivity index (χ2n) is 5.25. The number of anilines is 1. The van der Waals surface area contributed by atoms with E-state index in [4.69, 9.17) is 4.74 Å². The quantitative estimate of drug-likeness (QED) is 0.743. The molecular weight excluding hydrogens is 358 g/mol. The number of nitrogens with one attached hydrogen (secondary N) is 1. The maximum atomic E-state index is 12.5. The lowest BCUT2D eigenvalue weighted by Gasteiger charge is -2.11. The summed E-state index contributed by atoms with van der Waals surface area (Å²) in [6.07, 6.45) is 0. The fourth-order valence-electron chi connectivity index (χ4n) is 2.14. The Balaban J connectivity index is 2.20. The van der Waals surface area contributed by atoms with Gasteiger partial charge in [-0.15, -0.1) is 0 Å². The topological polar surface area (TPSA) is 98.8 Å². The van der Waals surface area contributed by atoms with E-state index in [1.165, 1.54) is 32.2 Å².